The summed E-state index contributed by atoms with van der Waals surface area (Å²) in [5, 5.41) is 0. The number of methoxy groups -OCH3 is 3. The second-order valence-corrected chi connectivity index (χ2v) is 7.48. The molecule has 150 valence electrons. The van der Waals surface area contributed by atoms with E-state index in [9.17, 15) is 0 Å². The van der Waals surface area contributed by atoms with Crippen LogP contribution in [0.1, 0.15) is 89.9 Å². The number of hydrogen-bond donors (Lipinski definition) is 0. The zero-order valence-corrected chi connectivity index (χ0v) is 17.2. The predicted molar refractivity (Wildman–Crippen MR) is 105 cm³/mol. The first-order chi connectivity index (χ1) is 12.3. The molecular weight excluding hydrogens is 314 g/mol. The van der Waals surface area contributed by atoms with Crippen molar-refractivity contribution in [2.45, 2.75) is 95.9 Å². The predicted octanol–water partition coefficient (Wildman–Crippen LogP) is 5.36. The number of unbranched alkanes of at least 4 members (excludes halogenated alkanes) is 9. The van der Waals surface area contributed by atoms with Gasteiger partial charge in [-0.3, -0.25) is 0 Å². The van der Waals surface area contributed by atoms with Gasteiger partial charge in [-0.15, -0.1) is 0 Å². The average molecular weight is 358 g/mol. The van der Waals surface area contributed by atoms with Crippen molar-refractivity contribution in [1.29, 1.82) is 0 Å². The third-order valence-corrected chi connectivity index (χ3v) is 5.59. The van der Waals surface area contributed by atoms with Crippen molar-refractivity contribution in [3.63, 3.8) is 0 Å². The van der Waals surface area contributed by atoms with E-state index in [1.165, 1.54) is 96.7 Å². The Morgan fingerprint density at radius 3 is 1.52 bits per heavy atom. The van der Waals surface area contributed by atoms with Gasteiger partial charge < -0.3 is 19.1 Å². The number of hydrogen-bond acceptors (Lipinski definition) is 4. The van der Waals surface area contributed by atoms with E-state index in [4.69, 9.17) is 14.2 Å². The molecule has 25 heavy (non-hydrogen) atoms. The second-order valence-electron chi connectivity index (χ2n) is 7.48. The fourth-order valence-electron chi connectivity index (χ4n) is 3.83. The lowest BCUT2D eigenvalue weighted by molar-refractivity contribution is -0.355. The highest BCUT2D eigenvalue weighted by molar-refractivity contribution is 4.64. The second kappa shape index (κ2) is 15.0. The van der Waals surface area contributed by atoms with Gasteiger partial charge >= 0.3 is 0 Å². The van der Waals surface area contributed by atoms with Crippen LogP contribution in [-0.2, 0) is 14.2 Å². The Balaban J connectivity index is 1.81. The van der Waals surface area contributed by atoms with Gasteiger partial charge in [-0.2, -0.15) is 0 Å². The van der Waals surface area contributed by atoms with E-state index in [1.54, 1.807) is 21.3 Å². The van der Waals surface area contributed by atoms with E-state index in [1.807, 2.05) is 0 Å². The summed E-state index contributed by atoms with van der Waals surface area (Å²) in [5.74, 6) is -0.839. The van der Waals surface area contributed by atoms with Gasteiger partial charge in [0.25, 0.3) is 5.97 Å². The molecule has 1 aliphatic rings. The van der Waals surface area contributed by atoms with Crippen LogP contribution in [0, 0.1) is 0 Å². The Labute approximate surface area is 156 Å². The summed E-state index contributed by atoms with van der Waals surface area (Å²) in [6.45, 7) is 4.03. The zero-order chi connectivity index (χ0) is 18.2. The summed E-state index contributed by atoms with van der Waals surface area (Å²) >= 11 is 0. The molecule has 0 aromatic carbocycles. The van der Waals surface area contributed by atoms with Gasteiger partial charge in [0.2, 0.25) is 0 Å². The SMILES string of the molecule is COC(CCCCCCCCCCCCN1CCCCC1)(OC)OC. The number of piperidine rings is 1. The molecule has 0 radical (unpaired) electrons. The first-order valence-corrected chi connectivity index (χ1v) is 10.6. The number of nitrogens with zero attached hydrogens (tertiary/aromatic N) is 1. The fraction of sp³-hybridized carbons (Fsp3) is 1.00. The maximum Gasteiger partial charge on any atom is 0.282 e. The van der Waals surface area contributed by atoms with E-state index < -0.39 is 5.97 Å². The molecule has 0 aromatic rings. The molecule has 0 atom stereocenters. The lowest BCUT2D eigenvalue weighted by atomic mass is 10.0. The van der Waals surface area contributed by atoms with Crippen LogP contribution in [0.2, 0.25) is 0 Å². The van der Waals surface area contributed by atoms with E-state index in [0.29, 0.717) is 0 Å². The van der Waals surface area contributed by atoms with Gasteiger partial charge in [0.15, 0.2) is 0 Å². The lowest BCUT2D eigenvalue weighted by Crippen LogP contribution is -2.35. The molecule has 0 aliphatic carbocycles. The van der Waals surface area contributed by atoms with Gasteiger partial charge in [-0.1, -0.05) is 57.8 Å². The van der Waals surface area contributed by atoms with Crippen molar-refractivity contribution >= 4 is 0 Å². The van der Waals surface area contributed by atoms with E-state index in [-0.39, 0.29) is 0 Å². The van der Waals surface area contributed by atoms with Crippen molar-refractivity contribution in [3.8, 4) is 0 Å². The molecule has 1 aliphatic heterocycles. The van der Waals surface area contributed by atoms with Crippen LogP contribution in [0.5, 0.6) is 0 Å². The summed E-state index contributed by atoms with van der Waals surface area (Å²) in [6.07, 6.45) is 18.5. The highest BCUT2D eigenvalue weighted by atomic mass is 16.9. The van der Waals surface area contributed by atoms with Crippen LogP contribution in [0.3, 0.4) is 0 Å². The van der Waals surface area contributed by atoms with Crippen LogP contribution in [-0.4, -0.2) is 51.8 Å². The van der Waals surface area contributed by atoms with Crippen LogP contribution in [0.15, 0.2) is 0 Å². The summed E-state index contributed by atoms with van der Waals surface area (Å²) < 4.78 is 16.0. The highest BCUT2D eigenvalue weighted by Gasteiger charge is 2.28. The maximum absolute atomic E-state index is 5.32. The third-order valence-electron chi connectivity index (χ3n) is 5.59. The number of rotatable bonds is 16. The molecule has 0 saturated carbocycles. The maximum atomic E-state index is 5.32. The van der Waals surface area contributed by atoms with Gasteiger partial charge in [-0.05, 0) is 45.3 Å². The Bertz CT molecular complexity index is 281. The molecule has 0 spiro atoms. The molecule has 0 bridgehead atoms. The Morgan fingerprint density at radius 1 is 0.600 bits per heavy atom. The van der Waals surface area contributed by atoms with Crippen LogP contribution in [0.4, 0.5) is 0 Å². The molecule has 0 aromatic heterocycles. The Hall–Kier alpha value is -0.160. The average Bonchev–Trinajstić information content (AvgIpc) is 2.67. The van der Waals surface area contributed by atoms with Crippen LogP contribution in [0.25, 0.3) is 0 Å². The largest absolute Gasteiger partial charge is 0.331 e. The van der Waals surface area contributed by atoms with Crippen molar-refractivity contribution in [3.05, 3.63) is 0 Å². The van der Waals surface area contributed by atoms with Crippen molar-refractivity contribution in [2.75, 3.05) is 41.0 Å². The number of likely N-dealkylation sites (tertiary alicyclic amines) is 1. The molecule has 1 rings (SSSR count). The molecule has 1 fully saturated rings. The molecule has 1 heterocycles. The van der Waals surface area contributed by atoms with E-state index in [2.05, 4.69) is 4.90 Å². The summed E-state index contributed by atoms with van der Waals surface area (Å²) in [6, 6.07) is 0. The minimum atomic E-state index is -0.839. The fourth-order valence-corrected chi connectivity index (χ4v) is 3.83. The molecule has 4 heteroatoms. The summed E-state index contributed by atoms with van der Waals surface area (Å²) in [4.78, 5) is 2.66. The monoisotopic (exact) mass is 357 g/mol. The summed E-state index contributed by atoms with van der Waals surface area (Å²) in [7, 11) is 4.92. The van der Waals surface area contributed by atoms with Crippen molar-refractivity contribution in [1.82, 2.24) is 4.90 Å². The number of ether oxygens (including phenoxy) is 3. The molecule has 4 nitrogen and oxygen atoms in total. The van der Waals surface area contributed by atoms with Gasteiger partial charge in [0.05, 0.1) is 0 Å². The highest BCUT2D eigenvalue weighted by Crippen LogP contribution is 2.21. The smallest absolute Gasteiger partial charge is 0.282 e. The zero-order valence-electron chi connectivity index (χ0n) is 17.2. The molecule has 0 amide bonds. The molecular formula is C21H43NO3. The van der Waals surface area contributed by atoms with Crippen LogP contribution >= 0.6 is 0 Å². The quantitative estimate of drug-likeness (QED) is 0.275. The Morgan fingerprint density at radius 2 is 1.04 bits per heavy atom. The van der Waals surface area contributed by atoms with Gasteiger partial charge in [-0.25, -0.2) is 0 Å². The minimum absolute atomic E-state index is 0.799. The Kier molecular flexibility index (Phi) is 13.7. The standard InChI is InChI=1S/C21H43NO3/c1-23-21(24-2,25-3)17-13-10-8-6-4-5-7-9-11-14-18-22-19-15-12-16-20-22/h4-20H2,1-3H3. The van der Waals surface area contributed by atoms with Gasteiger partial charge in [0.1, 0.15) is 0 Å². The summed E-state index contributed by atoms with van der Waals surface area (Å²) in [5.41, 5.74) is 0. The van der Waals surface area contributed by atoms with E-state index >= 15 is 0 Å². The van der Waals surface area contributed by atoms with Crippen molar-refractivity contribution in [2.24, 2.45) is 0 Å². The lowest BCUT2D eigenvalue weighted by Gasteiger charge is -2.28. The normalized spacial score (nSPS) is 16.4. The topological polar surface area (TPSA) is 30.9 Å². The third kappa shape index (κ3) is 10.5. The van der Waals surface area contributed by atoms with E-state index in [0.717, 1.165) is 12.8 Å². The molecule has 1 saturated heterocycles. The molecule has 0 N–H and O–H groups in total. The van der Waals surface area contributed by atoms with Gasteiger partial charge in [0, 0.05) is 27.8 Å². The minimum Gasteiger partial charge on any atom is -0.331 e. The van der Waals surface area contributed by atoms with Crippen molar-refractivity contribution < 1.29 is 14.2 Å². The first kappa shape index (κ1) is 22.9. The molecule has 0 unspecified atom stereocenters. The van der Waals surface area contributed by atoms with Crippen LogP contribution < -0.4 is 0 Å². The first-order valence-electron chi connectivity index (χ1n) is 10.6.